The van der Waals surface area contributed by atoms with Gasteiger partial charge in [-0.05, 0) is 28.5 Å². The number of para-hydroxylation sites is 1. The van der Waals surface area contributed by atoms with Gasteiger partial charge in [0, 0.05) is 16.8 Å². The van der Waals surface area contributed by atoms with Crippen LogP contribution in [-0.4, -0.2) is 5.91 Å². The van der Waals surface area contributed by atoms with E-state index in [4.69, 9.17) is 0 Å². The second-order valence-corrected chi connectivity index (χ2v) is 5.89. The van der Waals surface area contributed by atoms with Gasteiger partial charge in [-0.2, -0.15) is 0 Å². The van der Waals surface area contributed by atoms with Crippen molar-refractivity contribution in [2.45, 2.75) is 0 Å². The summed E-state index contributed by atoms with van der Waals surface area (Å²) in [5.74, 6) is -0.0971. The highest BCUT2D eigenvalue weighted by Crippen LogP contribution is 2.28. The van der Waals surface area contributed by atoms with Crippen molar-refractivity contribution in [3.05, 3.63) is 103 Å². The van der Waals surface area contributed by atoms with Gasteiger partial charge in [0.1, 0.15) is 0 Å². The van der Waals surface area contributed by atoms with Crippen molar-refractivity contribution in [2.24, 2.45) is 0 Å². The van der Waals surface area contributed by atoms with Gasteiger partial charge in [-0.1, -0.05) is 84.9 Å². The minimum absolute atomic E-state index is 0.0971. The largest absolute Gasteiger partial charge is 0.321 e. The zero-order valence-electron chi connectivity index (χ0n) is 13.6. The Morgan fingerprint density at radius 2 is 1.32 bits per heavy atom. The Labute approximate surface area is 146 Å². The Balaban J connectivity index is 1.72. The molecular weight excluding hydrogens is 306 g/mol. The summed E-state index contributed by atoms with van der Waals surface area (Å²) in [6, 6.07) is 31.7. The van der Waals surface area contributed by atoms with Crippen LogP contribution in [0, 0.1) is 0 Å². The van der Waals surface area contributed by atoms with Gasteiger partial charge in [0.2, 0.25) is 0 Å². The van der Waals surface area contributed by atoms with Gasteiger partial charge in [0.15, 0.2) is 0 Å². The molecule has 2 nitrogen and oxygen atoms in total. The third-order valence-electron chi connectivity index (χ3n) is 4.29. The summed E-state index contributed by atoms with van der Waals surface area (Å²) >= 11 is 0. The topological polar surface area (TPSA) is 29.1 Å². The molecule has 0 radical (unpaired) electrons. The summed E-state index contributed by atoms with van der Waals surface area (Å²) in [4.78, 5) is 12.9. The van der Waals surface area contributed by atoms with Crippen LogP contribution in [0.3, 0.4) is 0 Å². The van der Waals surface area contributed by atoms with Crippen LogP contribution in [-0.2, 0) is 0 Å². The van der Waals surface area contributed by atoms with Crippen molar-refractivity contribution in [1.82, 2.24) is 0 Å². The summed E-state index contributed by atoms with van der Waals surface area (Å²) < 4.78 is 0. The van der Waals surface area contributed by atoms with Crippen LogP contribution in [0.15, 0.2) is 97.1 Å². The Hall–Kier alpha value is -3.39. The summed E-state index contributed by atoms with van der Waals surface area (Å²) in [6.07, 6.45) is 0. The maximum absolute atomic E-state index is 12.9. The molecule has 0 aliphatic rings. The van der Waals surface area contributed by atoms with E-state index >= 15 is 0 Å². The van der Waals surface area contributed by atoms with Crippen molar-refractivity contribution in [3.63, 3.8) is 0 Å². The molecule has 0 spiro atoms. The molecule has 120 valence electrons. The van der Waals surface area contributed by atoms with Gasteiger partial charge in [0.25, 0.3) is 5.91 Å². The number of hydrogen-bond acceptors (Lipinski definition) is 1. The van der Waals surface area contributed by atoms with Crippen LogP contribution < -0.4 is 5.32 Å². The van der Waals surface area contributed by atoms with Crippen LogP contribution in [0.5, 0.6) is 0 Å². The number of anilines is 1. The predicted molar refractivity (Wildman–Crippen MR) is 104 cm³/mol. The van der Waals surface area contributed by atoms with Crippen LogP contribution in [0.25, 0.3) is 21.9 Å². The SMILES string of the molecule is O=C(Nc1ccccc1-c1ccccc1)c1cccc2ccccc12. The third kappa shape index (κ3) is 3.02. The fourth-order valence-corrected chi connectivity index (χ4v) is 3.07. The van der Waals surface area contributed by atoms with E-state index in [0.717, 1.165) is 27.6 Å². The zero-order chi connectivity index (χ0) is 17.1. The second kappa shape index (κ2) is 6.62. The summed E-state index contributed by atoms with van der Waals surface area (Å²) in [5.41, 5.74) is 3.58. The maximum atomic E-state index is 12.9. The van der Waals surface area contributed by atoms with E-state index in [2.05, 4.69) is 5.32 Å². The summed E-state index contributed by atoms with van der Waals surface area (Å²) in [6.45, 7) is 0. The predicted octanol–water partition coefficient (Wildman–Crippen LogP) is 5.76. The first kappa shape index (κ1) is 15.2. The molecule has 0 atom stereocenters. The molecule has 0 saturated heterocycles. The first-order valence-corrected chi connectivity index (χ1v) is 8.26. The third-order valence-corrected chi connectivity index (χ3v) is 4.29. The van der Waals surface area contributed by atoms with Crippen LogP contribution in [0.2, 0.25) is 0 Å². The van der Waals surface area contributed by atoms with Gasteiger partial charge in [-0.15, -0.1) is 0 Å². The summed E-state index contributed by atoms with van der Waals surface area (Å²) in [7, 11) is 0. The van der Waals surface area contributed by atoms with Gasteiger partial charge in [0.05, 0.1) is 0 Å². The van der Waals surface area contributed by atoms with Crippen LogP contribution in [0.4, 0.5) is 5.69 Å². The van der Waals surface area contributed by atoms with E-state index in [-0.39, 0.29) is 5.91 Å². The van der Waals surface area contributed by atoms with Crippen molar-refractivity contribution in [2.75, 3.05) is 5.32 Å². The number of rotatable bonds is 3. The van der Waals surface area contributed by atoms with Gasteiger partial charge >= 0.3 is 0 Å². The van der Waals surface area contributed by atoms with Crippen LogP contribution >= 0.6 is 0 Å². The molecule has 25 heavy (non-hydrogen) atoms. The number of carbonyl (C=O) groups is 1. The molecule has 4 rings (SSSR count). The molecule has 0 bridgehead atoms. The molecule has 0 unspecified atom stereocenters. The van der Waals surface area contributed by atoms with E-state index in [1.807, 2.05) is 97.1 Å². The highest BCUT2D eigenvalue weighted by Gasteiger charge is 2.12. The molecule has 1 N–H and O–H groups in total. The lowest BCUT2D eigenvalue weighted by atomic mass is 10.0. The molecule has 4 aromatic rings. The minimum Gasteiger partial charge on any atom is -0.321 e. The molecule has 0 aliphatic carbocycles. The Bertz CT molecular complexity index is 1030. The average Bonchev–Trinajstić information content (AvgIpc) is 2.68. The van der Waals surface area contributed by atoms with Gasteiger partial charge < -0.3 is 5.32 Å². The Kier molecular flexibility index (Phi) is 4.01. The first-order valence-electron chi connectivity index (χ1n) is 8.26. The van der Waals surface area contributed by atoms with Crippen molar-refractivity contribution >= 4 is 22.4 Å². The van der Waals surface area contributed by atoms with E-state index in [1.54, 1.807) is 0 Å². The normalized spacial score (nSPS) is 10.6. The van der Waals surface area contributed by atoms with E-state index in [1.165, 1.54) is 0 Å². The van der Waals surface area contributed by atoms with Crippen LogP contribution in [0.1, 0.15) is 10.4 Å². The number of hydrogen-bond donors (Lipinski definition) is 1. The Morgan fingerprint density at radius 3 is 2.20 bits per heavy atom. The zero-order valence-corrected chi connectivity index (χ0v) is 13.6. The molecule has 2 heteroatoms. The number of amides is 1. The van der Waals surface area contributed by atoms with E-state index in [9.17, 15) is 4.79 Å². The lowest BCUT2D eigenvalue weighted by Crippen LogP contribution is -2.13. The van der Waals surface area contributed by atoms with Crippen molar-refractivity contribution < 1.29 is 4.79 Å². The maximum Gasteiger partial charge on any atom is 0.256 e. The highest BCUT2D eigenvalue weighted by atomic mass is 16.1. The monoisotopic (exact) mass is 323 g/mol. The number of benzene rings is 4. The number of carbonyl (C=O) groups excluding carboxylic acids is 1. The molecule has 0 saturated carbocycles. The molecule has 1 amide bonds. The molecule has 0 aromatic heterocycles. The lowest BCUT2D eigenvalue weighted by molar-refractivity contribution is 0.102. The quantitative estimate of drug-likeness (QED) is 0.510. The fourth-order valence-electron chi connectivity index (χ4n) is 3.07. The van der Waals surface area contributed by atoms with E-state index in [0.29, 0.717) is 5.56 Å². The first-order chi connectivity index (χ1) is 12.3. The van der Waals surface area contributed by atoms with Crippen molar-refractivity contribution in [3.8, 4) is 11.1 Å². The molecular formula is C23H17NO. The minimum atomic E-state index is -0.0971. The molecule has 4 aromatic carbocycles. The van der Waals surface area contributed by atoms with E-state index < -0.39 is 0 Å². The Morgan fingerprint density at radius 1 is 0.640 bits per heavy atom. The number of nitrogens with one attached hydrogen (secondary N) is 1. The number of fused-ring (bicyclic) bond motifs is 1. The van der Waals surface area contributed by atoms with Gasteiger partial charge in [-0.25, -0.2) is 0 Å². The highest BCUT2D eigenvalue weighted by molar-refractivity contribution is 6.13. The molecule has 0 fully saturated rings. The summed E-state index contributed by atoms with van der Waals surface area (Å²) in [5, 5.41) is 5.10. The lowest BCUT2D eigenvalue weighted by Gasteiger charge is -2.12. The standard InChI is InChI=1S/C23H17NO/c25-23(21-15-8-12-17-11-4-5-13-19(17)21)24-22-16-7-6-14-20(22)18-9-2-1-3-10-18/h1-16H,(H,24,25). The molecule has 0 aliphatic heterocycles. The second-order valence-electron chi connectivity index (χ2n) is 5.89. The van der Waals surface area contributed by atoms with Crippen molar-refractivity contribution in [1.29, 1.82) is 0 Å². The molecule has 0 heterocycles. The van der Waals surface area contributed by atoms with Gasteiger partial charge in [-0.3, -0.25) is 4.79 Å². The smallest absolute Gasteiger partial charge is 0.256 e. The fraction of sp³-hybridized carbons (Fsp3) is 0. The average molecular weight is 323 g/mol.